The SMILES string of the molecule is COc1ccc(C(=O)CSc2n[nH]c(-c3ccccc3Br)n2)cc1Cl. The molecule has 25 heavy (non-hydrogen) atoms. The smallest absolute Gasteiger partial charge is 0.209 e. The molecular formula is C17H13BrClN3O2S. The second kappa shape index (κ2) is 8.03. The zero-order valence-electron chi connectivity index (χ0n) is 13.1. The Morgan fingerprint density at radius 1 is 1.32 bits per heavy atom. The largest absolute Gasteiger partial charge is 0.495 e. The van der Waals surface area contributed by atoms with Gasteiger partial charge < -0.3 is 4.74 Å². The number of hydrogen-bond acceptors (Lipinski definition) is 5. The van der Waals surface area contributed by atoms with E-state index in [1.54, 1.807) is 18.2 Å². The van der Waals surface area contributed by atoms with Gasteiger partial charge in [0.15, 0.2) is 11.6 Å². The summed E-state index contributed by atoms with van der Waals surface area (Å²) >= 11 is 10.8. The average molecular weight is 439 g/mol. The molecule has 5 nitrogen and oxygen atoms in total. The van der Waals surface area contributed by atoms with E-state index in [4.69, 9.17) is 16.3 Å². The number of Topliss-reactive ketones (excluding diaryl/α,β-unsaturated/α-hetero) is 1. The lowest BCUT2D eigenvalue weighted by Crippen LogP contribution is -2.03. The third-order valence-corrected chi connectivity index (χ3v) is 5.23. The maximum atomic E-state index is 12.3. The summed E-state index contributed by atoms with van der Waals surface area (Å²) in [6.07, 6.45) is 0. The van der Waals surface area contributed by atoms with Gasteiger partial charge in [0.05, 0.1) is 17.9 Å². The molecule has 0 aliphatic carbocycles. The van der Waals surface area contributed by atoms with E-state index in [1.807, 2.05) is 24.3 Å². The number of hydrogen-bond donors (Lipinski definition) is 1. The van der Waals surface area contributed by atoms with Gasteiger partial charge >= 0.3 is 0 Å². The standard InChI is InChI=1S/C17H13BrClN3O2S/c1-24-15-7-6-10(8-13(15)19)14(23)9-25-17-20-16(21-22-17)11-4-2-3-5-12(11)18/h2-8H,9H2,1H3,(H,20,21,22). The van der Waals surface area contributed by atoms with Crippen LogP contribution in [0.4, 0.5) is 0 Å². The number of benzene rings is 2. The number of rotatable bonds is 6. The fourth-order valence-corrected chi connectivity index (χ4v) is 3.56. The van der Waals surface area contributed by atoms with Crippen LogP contribution < -0.4 is 4.74 Å². The van der Waals surface area contributed by atoms with Gasteiger partial charge in [-0.1, -0.05) is 57.5 Å². The highest BCUT2D eigenvalue weighted by Crippen LogP contribution is 2.28. The lowest BCUT2D eigenvalue weighted by atomic mass is 10.1. The van der Waals surface area contributed by atoms with E-state index >= 15 is 0 Å². The number of ether oxygens (including phenoxy) is 1. The number of thioether (sulfide) groups is 1. The predicted molar refractivity (Wildman–Crippen MR) is 103 cm³/mol. The van der Waals surface area contributed by atoms with Crippen molar-refractivity contribution in [3.05, 3.63) is 57.5 Å². The number of nitrogens with one attached hydrogen (secondary N) is 1. The van der Waals surface area contributed by atoms with Gasteiger partial charge in [0.1, 0.15) is 5.75 Å². The van der Waals surface area contributed by atoms with Gasteiger partial charge in [0.25, 0.3) is 0 Å². The van der Waals surface area contributed by atoms with Crippen LogP contribution in [0.1, 0.15) is 10.4 Å². The predicted octanol–water partition coefficient (Wildman–Crippen LogP) is 4.87. The van der Waals surface area contributed by atoms with Crippen molar-refractivity contribution >= 4 is 45.1 Å². The van der Waals surface area contributed by atoms with E-state index < -0.39 is 0 Å². The Labute approximate surface area is 162 Å². The average Bonchev–Trinajstić information content (AvgIpc) is 3.08. The maximum Gasteiger partial charge on any atom is 0.209 e. The van der Waals surface area contributed by atoms with Gasteiger partial charge in [-0.15, -0.1) is 5.10 Å². The minimum atomic E-state index is -0.0539. The van der Waals surface area contributed by atoms with Crippen LogP contribution >= 0.6 is 39.3 Å². The molecule has 0 fully saturated rings. The topological polar surface area (TPSA) is 67.9 Å². The molecule has 0 spiro atoms. The molecule has 3 rings (SSSR count). The van der Waals surface area contributed by atoms with Crippen molar-refractivity contribution in [3.8, 4) is 17.1 Å². The second-order valence-electron chi connectivity index (χ2n) is 5.01. The van der Waals surface area contributed by atoms with Gasteiger partial charge in [-0.3, -0.25) is 9.89 Å². The van der Waals surface area contributed by atoms with Crippen molar-refractivity contribution in [1.82, 2.24) is 15.2 Å². The monoisotopic (exact) mass is 437 g/mol. The summed E-state index contributed by atoms with van der Waals surface area (Å²) in [6.45, 7) is 0. The van der Waals surface area contributed by atoms with Crippen molar-refractivity contribution in [2.24, 2.45) is 0 Å². The molecule has 0 unspecified atom stereocenters. The molecule has 0 aliphatic heterocycles. The molecule has 1 heterocycles. The Kier molecular flexibility index (Phi) is 5.78. The first kappa shape index (κ1) is 18.0. The Balaban J connectivity index is 1.67. The minimum absolute atomic E-state index is 0.0539. The Bertz CT molecular complexity index is 916. The molecule has 3 aromatic rings. The zero-order valence-corrected chi connectivity index (χ0v) is 16.3. The number of nitrogens with zero attached hydrogens (tertiary/aromatic N) is 2. The van der Waals surface area contributed by atoms with E-state index in [9.17, 15) is 4.79 Å². The first-order valence-corrected chi connectivity index (χ1v) is 9.41. The van der Waals surface area contributed by atoms with Crippen molar-refractivity contribution in [3.63, 3.8) is 0 Å². The van der Waals surface area contributed by atoms with Gasteiger partial charge in [-0.05, 0) is 24.3 Å². The van der Waals surface area contributed by atoms with Crippen molar-refractivity contribution in [2.75, 3.05) is 12.9 Å². The van der Waals surface area contributed by atoms with Gasteiger partial charge in [-0.2, -0.15) is 0 Å². The molecule has 128 valence electrons. The van der Waals surface area contributed by atoms with Crippen LogP contribution in [0, 0.1) is 0 Å². The Morgan fingerprint density at radius 2 is 2.12 bits per heavy atom. The molecular weight excluding hydrogens is 426 g/mol. The summed E-state index contributed by atoms with van der Waals surface area (Å²) in [5, 5.41) is 7.96. The van der Waals surface area contributed by atoms with Crippen LogP contribution in [0.25, 0.3) is 11.4 Å². The van der Waals surface area contributed by atoms with E-state index in [2.05, 4.69) is 31.1 Å². The normalized spacial score (nSPS) is 10.7. The maximum absolute atomic E-state index is 12.3. The van der Waals surface area contributed by atoms with Gasteiger partial charge in [0.2, 0.25) is 5.16 Å². The van der Waals surface area contributed by atoms with Crippen LogP contribution in [0.5, 0.6) is 5.75 Å². The third-order valence-electron chi connectivity index (χ3n) is 3.40. The van der Waals surface area contributed by atoms with Crippen LogP contribution in [-0.2, 0) is 0 Å². The summed E-state index contributed by atoms with van der Waals surface area (Å²) < 4.78 is 6.01. The fraction of sp³-hybridized carbons (Fsp3) is 0.118. The number of carbonyl (C=O) groups is 1. The zero-order chi connectivity index (χ0) is 17.8. The minimum Gasteiger partial charge on any atom is -0.495 e. The lowest BCUT2D eigenvalue weighted by Gasteiger charge is -2.04. The molecule has 0 atom stereocenters. The molecule has 0 bridgehead atoms. The highest BCUT2D eigenvalue weighted by atomic mass is 79.9. The van der Waals surface area contributed by atoms with Crippen molar-refractivity contribution in [2.45, 2.75) is 5.16 Å². The molecule has 1 N–H and O–H groups in total. The summed E-state index contributed by atoms with van der Waals surface area (Å²) in [5.74, 6) is 1.35. The van der Waals surface area contributed by atoms with Crippen molar-refractivity contribution < 1.29 is 9.53 Å². The van der Waals surface area contributed by atoms with Gasteiger partial charge in [-0.25, -0.2) is 4.98 Å². The van der Waals surface area contributed by atoms with E-state index in [0.29, 0.717) is 27.3 Å². The number of methoxy groups -OCH3 is 1. The number of H-pyrrole nitrogens is 1. The van der Waals surface area contributed by atoms with Crippen molar-refractivity contribution in [1.29, 1.82) is 0 Å². The molecule has 2 aromatic carbocycles. The highest BCUT2D eigenvalue weighted by Gasteiger charge is 2.13. The number of ketones is 1. The van der Waals surface area contributed by atoms with Crippen LogP contribution in [0.3, 0.4) is 0 Å². The summed E-state index contributed by atoms with van der Waals surface area (Å²) in [6, 6.07) is 12.7. The van der Waals surface area contributed by atoms with Crippen LogP contribution in [0.2, 0.25) is 5.02 Å². The molecule has 0 aliphatic rings. The third kappa shape index (κ3) is 4.23. The van der Waals surface area contributed by atoms with Crippen LogP contribution in [-0.4, -0.2) is 33.8 Å². The number of aromatic amines is 1. The molecule has 0 saturated carbocycles. The fourth-order valence-electron chi connectivity index (χ4n) is 2.14. The number of carbonyl (C=O) groups excluding carboxylic acids is 1. The molecule has 0 saturated heterocycles. The Morgan fingerprint density at radius 3 is 2.84 bits per heavy atom. The molecule has 0 radical (unpaired) electrons. The van der Waals surface area contributed by atoms with E-state index in [0.717, 1.165) is 10.0 Å². The highest BCUT2D eigenvalue weighted by molar-refractivity contribution is 9.10. The molecule has 1 aromatic heterocycles. The molecule has 8 heteroatoms. The van der Waals surface area contributed by atoms with E-state index in [-0.39, 0.29) is 11.5 Å². The Hall–Kier alpha value is -1.83. The summed E-state index contributed by atoms with van der Waals surface area (Å²) in [4.78, 5) is 16.7. The first-order chi connectivity index (χ1) is 12.1. The second-order valence-corrected chi connectivity index (χ2v) is 7.21. The van der Waals surface area contributed by atoms with Gasteiger partial charge in [0, 0.05) is 15.6 Å². The number of halogens is 2. The number of aromatic nitrogens is 3. The van der Waals surface area contributed by atoms with E-state index in [1.165, 1.54) is 18.9 Å². The molecule has 0 amide bonds. The summed E-state index contributed by atoms with van der Waals surface area (Å²) in [7, 11) is 1.53. The quantitative estimate of drug-likeness (QED) is 0.439. The summed E-state index contributed by atoms with van der Waals surface area (Å²) in [5.41, 5.74) is 1.44. The van der Waals surface area contributed by atoms with Crippen LogP contribution in [0.15, 0.2) is 52.1 Å². The first-order valence-electron chi connectivity index (χ1n) is 7.25. The lowest BCUT2D eigenvalue weighted by molar-refractivity contribution is 0.102.